The van der Waals surface area contributed by atoms with E-state index in [0.717, 1.165) is 32.2 Å². The zero-order chi connectivity index (χ0) is 18.1. The zero-order valence-corrected chi connectivity index (χ0v) is 16.1. The van der Waals surface area contributed by atoms with Crippen molar-refractivity contribution in [1.29, 1.82) is 0 Å². The maximum Gasteiger partial charge on any atom is 0.242 e. The van der Waals surface area contributed by atoms with Crippen molar-refractivity contribution in [3.05, 3.63) is 28.5 Å². The summed E-state index contributed by atoms with van der Waals surface area (Å²) >= 11 is 5.93. The molecule has 1 aliphatic heterocycles. The second-order valence-corrected chi connectivity index (χ2v) is 9.10. The molecule has 0 radical (unpaired) electrons. The maximum atomic E-state index is 13.5. The van der Waals surface area contributed by atoms with E-state index in [-0.39, 0.29) is 27.6 Å². The summed E-state index contributed by atoms with van der Waals surface area (Å²) in [5.41, 5.74) is -0.0753. The third-order valence-electron chi connectivity index (χ3n) is 4.56. The lowest BCUT2D eigenvalue weighted by Crippen LogP contribution is -2.57. The normalized spacial score (nSPS) is 18.1. The second kappa shape index (κ2) is 7.25. The monoisotopic (exact) mass is 377 g/mol. The minimum absolute atomic E-state index is 0.0859. The van der Waals surface area contributed by atoms with Crippen LogP contribution in [0.25, 0.3) is 0 Å². The van der Waals surface area contributed by atoms with Crippen molar-refractivity contribution in [2.45, 2.75) is 31.2 Å². The van der Waals surface area contributed by atoms with Gasteiger partial charge >= 0.3 is 0 Å². The lowest BCUT2D eigenvalue weighted by Gasteiger charge is -2.43. The molecule has 1 heterocycles. The molecule has 1 aliphatic rings. The average Bonchev–Trinajstić information content (AvgIpc) is 2.49. The fourth-order valence-corrected chi connectivity index (χ4v) is 4.51. The van der Waals surface area contributed by atoms with E-state index in [1.807, 2.05) is 13.8 Å². The maximum absolute atomic E-state index is 13.5. The Morgan fingerprint density at radius 3 is 2.42 bits per heavy atom. The van der Waals surface area contributed by atoms with E-state index in [0.29, 0.717) is 0 Å². The van der Waals surface area contributed by atoms with Crippen LogP contribution in [0.5, 0.6) is 0 Å². The molecule has 1 aromatic rings. The van der Waals surface area contributed by atoms with Crippen LogP contribution < -0.4 is 4.72 Å². The Labute approximate surface area is 148 Å². The molecule has 1 aromatic carbocycles. The summed E-state index contributed by atoms with van der Waals surface area (Å²) in [5, 5.41) is -0.108. The summed E-state index contributed by atoms with van der Waals surface area (Å²) in [6.07, 6.45) is 0. The van der Waals surface area contributed by atoms with Gasteiger partial charge in [0.05, 0.1) is 5.02 Å². The lowest BCUT2D eigenvalue weighted by molar-refractivity contribution is 0.0652. The molecule has 1 saturated heterocycles. The topological polar surface area (TPSA) is 52.7 Å². The first kappa shape index (κ1) is 19.6. The lowest BCUT2D eigenvalue weighted by atomic mass is 10.0. The predicted molar refractivity (Wildman–Crippen MR) is 94.5 cm³/mol. The number of hydrogen-bond acceptors (Lipinski definition) is 4. The van der Waals surface area contributed by atoms with Crippen molar-refractivity contribution < 1.29 is 12.8 Å². The largest absolute Gasteiger partial charge is 0.304 e. The summed E-state index contributed by atoms with van der Waals surface area (Å²) < 4.78 is 41.2. The molecule has 0 atom stereocenters. The van der Waals surface area contributed by atoms with Gasteiger partial charge in [-0.3, -0.25) is 4.90 Å². The number of nitrogens with zero attached hydrogens (tertiary/aromatic N) is 2. The summed E-state index contributed by atoms with van der Waals surface area (Å²) in [6.45, 7) is 9.49. The van der Waals surface area contributed by atoms with Gasteiger partial charge in [0, 0.05) is 38.3 Å². The Bertz CT molecular complexity index is 702. The Morgan fingerprint density at radius 2 is 1.83 bits per heavy atom. The van der Waals surface area contributed by atoms with Gasteiger partial charge in [-0.1, -0.05) is 11.6 Å². The number of piperazine rings is 1. The third kappa shape index (κ3) is 4.46. The summed E-state index contributed by atoms with van der Waals surface area (Å²) in [5.74, 6) is -0.517. The number of rotatable bonds is 5. The molecule has 0 aromatic heterocycles. The molecule has 0 saturated carbocycles. The standard InChI is InChI=1S/C16H25ClFN3O2S/c1-12-9-15(13(17)10-14(12)18)24(22,23)19-11-16(2,3)21-7-5-20(4)6-8-21/h9-10,19H,5-8,11H2,1-4H3. The van der Waals surface area contributed by atoms with E-state index in [4.69, 9.17) is 11.6 Å². The van der Waals surface area contributed by atoms with Crippen LogP contribution in [0.4, 0.5) is 4.39 Å². The number of aryl methyl sites for hydroxylation is 1. The van der Waals surface area contributed by atoms with Crippen molar-refractivity contribution in [3.63, 3.8) is 0 Å². The van der Waals surface area contributed by atoms with Crippen LogP contribution >= 0.6 is 11.6 Å². The highest BCUT2D eigenvalue weighted by Crippen LogP contribution is 2.25. The van der Waals surface area contributed by atoms with Crippen LogP contribution in [0.2, 0.25) is 5.02 Å². The van der Waals surface area contributed by atoms with Gasteiger partial charge in [-0.15, -0.1) is 0 Å². The summed E-state index contributed by atoms with van der Waals surface area (Å²) in [4.78, 5) is 4.43. The van der Waals surface area contributed by atoms with Crippen LogP contribution in [0.1, 0.15) is 19.4 Å². The quantitative estimate of drug-likeness (QED) is 0.853. The molecular weight excluding hydrogens is 353 g/mol. The van der Waals surface area contributed by atoms with Gasteiger partial charge in [0.1, 0.15) is 10.7 Å². The highest BCUT2D eigenvalue weighted by atomic mass is 35.5. The minimum Gasteiger partial charge on any atom is -0.304 e. The first-order valence-electron chi connectivity index (χ1n) is 7.92. The molecule has 1 N–H and O–H groups in total. The van der Waals surface area contributed by atoms with Crippen molar-refractivity contribution in [2.24, 2.45) is 0 Å². The molecule has 0 unspecified atom stereocenters. The highest BCUT2D eigenvalue weighted by molar-refractivity contribution is 7.89. The number of hydrogen-bond donors (Lipinski definition) is 1. The van der Waals surface area contributed by atoms with E-state index >= 15 is 0 Å². The zero-order valence-electron chi connectivity index (χ0n) is 14.6. The number of nitrogens with one attached hydrogen (secondary N) is 1. The van der Waals surface area contributed by atoms with Gasteiger partial charge in [0.15, 0.2) is 0 Å². The molecule has 0 spiro atoms. The van der Waals surface area contributed by atoms with Crippen molar-refractivity contribution >= 4 is 21.6 Å². The van der Waals surface area contributed by atoms with E-state index in [1.54, 1.807) is 0 Å². The fraction of sp³-hybridized carbons (Fsp3) is 0.625. The Kier molecular flexibility index (Phi) is 5.92. The molecule has 2 rings (SSSR count). The average molecular weight is 378 g/mol. The SMILES string of the molecule is Cc1cc(S(=O)(=O)NCC(C)(C)N2CCN(C)CC2)c(Cl)cc1F. The van der Waals surface area contributed by atoms with E-state index in [1.165, 1.54) is 13.0 Å². The van der Waals surface area contributed by atoms with Crippen LogP contribution in [-0.4, -0.2) is 63.5 Å². The number of halogens is 2. The molecule has 136 valence electrons. The fourth-order valence-electron chi connectivity index (χ4n) is 2.71. The molecule has 0 bridgehead atoms. The van der Waals surface area contributed by atoms with Gasteiger partial charge in [-0.2, -0.15) is 0 Å². The molecule has 0 amide bonds. The molecule has 0 aliphatic carbocycles. The van der Waals surface area contributed by atoms with Crippen molar-refractivity contribution in [1.82, 2.24) is 14.5 Å². The Hall–Kier alpha value is -0.730. The summed E-state index contributed by atoms with van der Waals surface area (Å²) in [6, 6.07) is 2.31. The van der Waals surface area contributed by atoms with E-state index in [2.05, 4.69) is 21.6 Å². The third-order valence-corrected chi connectivity index (χ3v) is 6.42. The van der Waals surface area contributed by atoms with Crippen LogP contribution in [0.15, 0.2) is 17.0 Å². The highest BCUT2D eigenvalue weighted by Gasteiger charge is 2.31. The van der Waals surface area contributed by atoms with Crippen LogP contribution in [0.3, 0.4) is 0 Å². The molecule has 5 nitrogen and oxygen atoms in total. The van der Waals surface area contributed by atoms with E-state index in [9.17, 15) is 12.8 Å². The summed E-state index contributed by atoms with van der Waals surface area (Å²) in [7, 11) is -1.72. The first-order valence-corrected chi connectivity index (χ1v) is 9.78. The van der Waals surface area contributed by atoms with Gasteiger partial charge in [0.25, 0.3) is 0 Å². The van der Waals surface area contributed by atoms with E-state index < -0.39 is 15.8 Å². The van der Waals surface area contributed by atoms with Crippen molar-refractivity contribution in [3.8, 4) is 0 Å². The number of sulfonamides is 1. The van der Waals surface area contributed by atoms with Crippen molar-refractivity contribution in [2.75, 3.05) is 39.8 Å². The predicted octanol–water partition coefficient (Wildman–Crippen LogP) is 2.09. The smallest absolute Gasteiger partial charge is 0.242 e. The first-order chi connectivity index (χ1) is 11.0. The molecule has 24 heavy (non-hydrogen) atoms. The Morgan fingerprint density at radius 1 is 1.25 bits per heavy atom. The van der Waals surface area contributed by atoms with Crippen LogP contribution in [0, 0.1) is 12.7 Å². The van der Waals surface area contributed by atoms with Gasteiger partial charge in [-0.05, 0) is 45.5 Å². The number of likely N-dealkylation sites (N-methyl/N-ethyl adjacent to an activating group) is 1. The molecular formula is C16H25ClFN3O2S. The number of benzene rings is 1. The van der Waals surface area contributed by atoms with Gasteiger partial charge in [0.2, 0.25) is 10.0 Å². The van der Waals surface area contributed by atoms with Gasteiger partial charge in [-0.25, -0.2) is 17.5 Å². The molecule has 8 heteroatoms. The van der Waals surface area contributed by atoms with Gasteiger partial charge < -0.3 is 4.90 Å². The molecule has 1 fully saturated rings. The minimum atomic E-state index is -3.80. The Balaban J connectivity index is 2.11. The second-order valence-electron chi connectivity index (χ2n) is 6.96. The van der Waals surface area contributed by atoms with Crippen LogP contribution in [-0.2, 0) is 10.0 Å².